The Morgan fingerprint density at radius 3 is 2.61 bits per heavy atom. The molecule has 1 heterocycles. The van der Waals surface area contributed by atoms with Gasteiger partial charge in [-0.15, -0.1) is 0 Å². The van der Waals surface area contributed by atoms with Crippen LogP contribution in [0.15, 0.2) is 30.3 Å². The molecule has 0 saturated carbocycles. The molecular weight excluding hydrogens is 222 g/mol. The Morgan fingerprint density at radius 1 is 1.17 bits per heavy atom. The fraction of sp³-hybridized carbons (Fsp3) is 0.333. The maximum absolute atomic E-state index is 6.05. The van der Waals surface area contributed by atoms with Crippen LogP contribution in [0, 0.1) is 6.92 Å². The quantitative estimate of drug-likeness (QED) is 0.832. The van der Waals surface area contributed by atoms with Crippen LogP contribution in [0.2, 0.25) is 0 Å². The van der Waals surface area contributed by atoms with Crippen LogP contribution in [0.4, 0.5) is 5.82 Å². The summed E-state index contributed by atoms with van der Waals surface area (Å²) in [6.45, 7) is 4.11. The van der Waals surface area contributed by atoms with Crippen LogP contribution in [0.3, 0.4) is 0 Å². The average molecular weight is 239 g/mol. The Hall–Kier alpha value is -1.90. The third-order valence-corrected chi connectivity index (χ3v) is 3.73. The minimum absolute atomic E-state index is 0.361. The number of aromatic nitrogens is 2. The van der Waals surface area contributed by atoms with Crippen molar-refractivity contribution < 1.29 is 0 Å². The molecule has 1 aliphatic rings. The molecule has 0 saturated heterocycles. The van der Waals surface area contributed by atoms with Crippen LogP contribution >= 0.6 is 0 Å². The summed E-state index contributed by atoms with van der Waals surface area (Å²) in [6, 6.07) is 10.5. The van der Waals surface area contributed by atoms with Gasteiger partial charge < -0.3 is 5.73 Å². The molecule has 3 heteroatoms. The Kier molecular flexibility index (Phi) is 2.54. The molecule has 1 aliphatic carbocycles. The zero-order valence-corrected chi connectivity index (χ0v) is 10.7. The Bertz CT molecular complexity index is 578. The summed E-state index contributed by atoms with van der Waals surface area (Å²) in [5.74, 6) is 2.22. The number of anilines is 1. The van der Waals surface area contributed by atoms with E-state index in [4.69, 9.17) is 5.73 Å². The van der Waals surface area contributed by atoms with Crippen molar-refractivity contribution in [2.45, 2.75) is 32.1 Å². The van der Waals surface area contributed by atoms with Crippen LogP contribution in [0.25, 0.3) is 0 Å². The summed E-state index contributed by atoms with van der Waals surface area (Å²) in [5.41, 5.74) is 9.64. The highest BCUT2D eigenvalue weighted by molar-refractivity contribution is 5.51. The zero-order chi connectivity index (χ0) is 12.7. The first-order valence-electron chi connectivity index (χ1n) is 6.35. The lowest BCUT2D eigenvalue weighted by Gasteiger charge is -2.11. The molecule has 1 aromatic carbocycles. The molecule has 3 nitrogen and oxygen atoms in total. The number of nitrogens with two attached hydrogens (primary N) is 1. The summed E-state index contributed by atoms with van der Waals surface area (Å²) in [5, 5.41) is 0. The predicted molar refractivity (Wildman–Crippen MR) is 72.5 cm³/mol. The molecule has 3 rings (SSSR count). The summed E-state index contributed by atoms with van der Waals surface area (Å²) < 4.78 is 0. The molecule has 1 aromatic heterocycles. The molecule has 2 unspecified atom stereocenters. The number of benzene rings is 1. The summed E-state index contributed by atoms with van der Waals surface area (Å²) in [6.07, 6.45) is 1.07. The number of aryl methyl sites for hydroxylation is 1. The van der Waals surface area contributed by atoms with E-state index in [9.17, 15) is 0 Å². The van der Waals surface area contributed by atoms with E-state index < -0.39 is 0 Å². The van der Waals surface area contributed by atoms with E-state index in [2.05, 4.69) is 41.2 Å². The molecule has 0 bridgehead atoms. The first-order chi connectivity index (χ1) is 8.66. The lowest BCUT2D eigenvalue weighted by atomic mass is 9.95. The summed E-state index contributed by atoms with van der Waals surface area (Å²) >= 11 is 0. The van der Waals surface area contributed by atoms with Crippen molar-refractivity contribution in [1.29, 1.82) is 0 Å². The number of nitrogens with zero attached hydrogens (tertiary/aromatic N) is 2. The second kappa shape index (κ2) is 4.09. The average Bonchev–Trinajstić information content (AvgIpc) is 2.67. The molecule has 0 fully saturated rings. The maximum atomic E-state index is 6.05. The SMILES string of the molecule is Cc1nc(N)c2c(n1)C(c1ccccc1)CC2C. The third kappa shape index (κ3) is 1.67. The zero-order valence-electron chi connectivity index (χ0n) is 10.7. The van der Waals surface area contributed by atoms with Crippen LogP contribution in [0.1, 0.15) is 47.8 Å². The lowest BCUT2D eigenvalue weighted by molar-refractivity contribution is 0.681. The van der Waals surface area contributed by atoms with Gasteiger partial charge in [-0.1, -0.05) is 37.3 Å². The fourth-order valence-corrected chi connectivity index (χ4v) is 2.96. The number of nitrogen functional groups attached to an aromatic ring is 1. The number of hydrogen-bond acceptors (Lipinski definition) is 3. The molecule has 0 radical (unpaired) electrons. The molecule has 18 heavy (non-hydrogen) atoms. The van der Waals surface area contributed by atoms with E-state index >= 15 is 0 Å². The third-order valence-electron chi connectivity index (χ3n) is 3.73. The van der Waals surface area contributed by atoms with Crippen LogP contribution in [-0.2, 0) is 0 Å². The largest absolute Gasteiger partial charge is 0.383 e. The standard InChI is InChI=1S/C15H17N3/c1-9-8-12(11-6-4-3-5-7-11)14-13(9)15(16)18-10(2)17-14/h3-7,9,12H,8H2,1-2H3,(H2,16,17,18). The molecule has 0 amide bonds. The lowest BCUT2D eigenvalue weighted by Crippen LogP contribution is -2.05. The molecular formula is C15H17N3. The van der Waals surface area contributed by atoms with Crippen molar-refractivity contribution in [2.75, 3.05) is 5.73 Å². The molecule has 0 aliphatic heterocycles. The second-order valence-corrected chi connectivity index (χ2v) is 5.05. The summed E-state index contributed by atoms with van der Waals surface area (Å²) in [7, 11) is 0. The monoisotopic (exact) mass is 239 g/mol. The van der Waals surface area contributed by atoms with Gasteiger partial charge in [0.2, 0.25) is 0 Å². The Morgan fingerprint density at radius 2 is 1.89 bits per heavy atom. The van der Waals surface area contributed by atoms with Crippen molar-refractivity contribution >= 4 is 5.82 Å². The highest BCUT2D eigenvalue weighted by Crippen LogP contribution is 2.45. The summed E-state index contributed by atoms with van der Waals surface area (Å²) in [4.78, 5) is 8.92. The van der Waals surface area contributed by atoms with Gasteiger partial charge in [0.1, 0.15) is 11.6 Å². The van der Waals surface area contributed by atoms with E-state index in [1.807, 2.05) is 13.0 Å². The van der Waals surface area contributed by atoms with Gasteiger partial charge in [0.15, 0.2) is 0 Å². The fourth-order valence-electron chi connectivity index (χ4n) is 2.96. The van der Waals surface area contributed by atoms with E-state index in [1.165, 1.54) is 5.56 Å². The topological polar surface area (TPSA) is 51.8 Å². The van der Waals surface area contributed by atoms with Crippen molar-refractivity contribution in [1.82, 2.24) is 9.97 Å². The van der Waals surface area contributed by atoms with Gasteiger partial charge in [-0.3, -0.25) is 0 Å². The van der Waals surface area contributed by atoms with Crippen LogP contribution in [-0.4, -0.2) is 9.97 Å². The van der Waals surface area contributed by atoms with Gasteiger partial charge in [-0.25, -0.2) is 9.97 Å². The van der Waals surface area contributed by atoms with E-state index in [0.29, 0.717) is 17.7 Å². The van der Waals surface area contributed by atoms with E-state index in [-0.39, 0.29) is 0 Å². The Balaban J connectivity index is 2.14. The molecule has 2 aromatic rings. The Labute approximate surface area is 107 Å². The number of rotatable bonds is 1. The highest BCUT2D eigenvalue weighted by atomic mass is 15.0. The van der Waals surface area contributed by atoms with Crippen molar-refractivity contribution in [3.63, 3.8) is 0 Å². The van der Waals surface area contributed by atoms with Gasteiger partial charge in [0.25, 0.3) is 0 Å². The molecule has 92 valence electrons. The second-order valence-electron chi connectivity index (χ2n) is 5.05. The van der Waals surface area contributed by atoms with Crippen molar-refractivity contribution in [2.24, 2.45) is 0 Å². The van der Waals surface area contributed by atoms with E-state index in [1.54, 1.807) is 0 Å². The first-order valence-corrected chi connectivity index (χ1v) is 6.35. The van der Waals surface area contributed by atoms with Gasteiger partial charge in [-0.2, -0.15) is 0 Å². The molecule has 2 N–H and O–H groups in total. The van der Waals surface area contributed by atoms with Gasteiger partial charge >= 0.3 is 0 Å². The van der Waals surface area contributed by atoms with Gasteiger partial charge in [0, 0.05) is 11.5 Å². The minimum Gasteiger partial charge on any atom is -0.383 e. The highest BCUT2D eigenvalue weighted by Gasteiger charge is 2.33. The first kappa shape index (κ1) is 11.2. The van der Waals surface area contributed by atoms with E-state index in [0.717, 1.165) is 23.5 Å². The molecule has 0 spiro atoms. The van der Waals surface area contributed by atoms with Gasteiger partial charge in [0.05, 0.1) is 5.69 Å². The normalized spacial score (nSPS) is 21.9. The number of fused-ring (bicyclic) bond motifs is 1. The van der Waals surface area contributed by atoms with Crippen molar-refractivity contribution in [3.05, 3.63) is 53.0 Å². The number of hydrogen-bond donors (Lipinski definition) is 1. The predicted octanol–water partition coefficient (Wildman–Crippen LogP) is 3.01. The van der Waals surface area contributed by atoms with Crippen LogP contribution < -0.4 is 5.73 Å². The van der Waals surface area contributed by atoms with Crippen LogP contribution in [0.5, 0.6) is 0 Å². The van der Waals surface area contributed by atoms with Gasteiger partial charge in [-0.05, 0) is 24.8 Å². The minimum atomic E-state index is 0.361. The molecule has 2 atom stereocenters. The maximum Gasteiger partial charge on any atom is 0.130 e. The smallest absolute Gasteiger partial charge is 0.130 e. The van der Waals surface area contributed by atoms with Crippen molar-refractivity contribution in [3.8, 4) is 0 Å².